The molecule has 2 aliphatic heterocycles. The van der Waals surface area contributed by atoms with Crippen LogP contribution in [0.1, 0.15) is 24.8 Å². The lowest BCUT2D eigenvalue weighted by atomic mass is 10.1. The molecule has 0 spiro atoms. The summed E-state index contributed by atoms with van der Waals surface area (Å²) in [6.07, 6.45) is 4.50. The molecule has 6 heteroatoms. The molecule has 22 heavy (non-hydrogen) atoms. The van der Waals surface area contributed by atoms with Crippen LogP contribution < -0.4 is 10.2 Å². The van der Waals surface area contributed by atoms with Crippen LogP contribution in [0.15, 0.2) is 18.3 Å². The molecule has 0 aromatic carbocycles. The summed E-state index contributed by atoms with van der Waals surface area (Å²) in [6, 6.07) is 6.10. The fourth-order valence-electron chi connectivity index (χ4n) is 3.10. The number of hydrogen-bond donors (Lipinski definition) is 1. The topological polar surface area (TPSA) is 72.3 Å². The summed E-state index contributed by atoms with van der Waals surface area (Å²) in [5.41, 5.74) is 0.571. The molecule has 3 rings (SSSR count). The second-order valence-electron chi connectivity index (χ2n) is 5.88. The Bertz CT molecular complexity index is 551. The Kier molecular flexibility index (Phi) is 4.54. The fraction of sp³-hybridized carbons (Fsp3) is 0.562. The Hall–Kier alpha value is -2.13. The van der Waals surface area contributed by atoms with Crippen molar-refractivity contribution in [1.29, 1.82) is 5.26 Å². The summed E-state index contributed by atoms with van der Waals surface area (Å²) >= 11 is 0. The molecule has 1 unspecified atom stereocenters. The Labute approximate surface area is 130 Å². The van der Waals surface area contributed by atoms with Crippen LogP contribution in [-0.4, -0.2) is 54.6 Å². The zero-order chi connectivity index (χ0) is 15.4. The summed E-state index contributed by atoms with van der Waals surface area (Å²) in [5, 5.41) is 12.2. The van der Waals surface area contributed by atoms with Gasteiger partial charge in [0.1, 0.15) is 11.9 Å². The minimum atomic E-state index is 0.256. The molecule has 0 bridgehead atoms. The van der Waals surface area contributed by atoms with E-state index in [1.165, 1.54) is 6.42 Å². The highest BCUT2D eigenvalue weighted by Crippen LogP contribution is 2.16. The molecule has 3 heterocycles. The van der Waals surface area contributed by atoms with Crippen LogP contribution in [0.5, 0.6) is 0 Å². The normalized spacial score (nSPS) is 21.7. The molecule has 1 N–H and O–H groups in total. The molecule has 2 aliphatic rings. The van der Waals surface area contributed by atoms with E-state index in [1.54, 1.807) is 12.3 Å². The molecular formula is C16H21N5O. The largest absolute Gasteiger partial charge is 0.353 e. The summed E-state index contributed by atoms with van der Waals surface area (Å²) in [4.78, 5) is 20.7. The first kappa shape index (κ1) is 14.8. The molecule has 1 amide bonds. The average molecular weight is 299 g/mol. The number of rotatable bonds is 3. The number of nitriles is 1. The van der Waals surface area contributed by atoms with Crippen molar-refractivity contribution in [2.24, 2.45) is 0 Å². The maximum Gasteiger partial charge on any atom is 0.224 e. The van der Waals surface area contributed by atoms with Crippen molar-refractivity contribution >= 4 is 11.7 Å². The number of anilines is 1. The number of aromatic nitrogens is 1. The van der Waals surface area contributed by atoms with Crippen molar-refractivity contribution in [3.05, 3.63) is 23.9 Å². The predicted molar refractivity (Wildman–Crippen MR) is 83.4 cm³/mol. The standard InChI is InChI=1S/C16H21N5O/c17-11-13-3-4-15(19-12-13)20-6-8-21(9-7-20)16(22)10-14-2-1-5-18-14/h3-4,12,14,18H,1-2,5-10H2. The Morgan fingerprint density at radius 2 is 2.18 bits per heavy atom. The number of hydrogen-bond acceptors (Lipinski definition) is 5. The number of nitrogens with one attached hydrogen (secondary N) is 1. The second kappa shape index (κ2) is 6.75. The first-order chi connectivity index (χ1) is 10.8. The molecular weight excluding hydrogens is 278 g/mol. The first-order valence-corrected chi connectivity index (χ1v) is 7.88. The van der Waals surface area contributed by atoms with Crippen LogP contribution in [0.25, 0.3) is 0 Å². The van der Waals surface area contributed by atoms with Gasteiger partial charge in [-0.1, -0.05) is 0 Å². The zero-order valence-corrected chi connectivity index (χ0v) is 12.7. The highest BCUT2D eigenvalue weighted by molar-refractivity contribution is 5.77. The Morgan fingerprint density at radius 1 is 1.36 bits per heavy atom. The van der Waals surface area contributed by atoms with E-state index in [4.69, 9.17) is 5.26 Å². The van der Waals surface area contributed by atoms with Gasteiger partial charge in [-0.2, -0.15) is 5.26 Å². The van der Waals surface area contributed by atoms with Gasteiger partial charge in [0.05, 0.1) is 5.56 Å². The van der Waals surface area contributed by atoms with E-state index in [9.17, 15) is 4.79 Å². The monoisotopic (exact) mass is 299 g/mol. The third-order valence-electron chi connectivity index (χ3n) is 4.42. The number of carbonyl (C=O) groups excluding carboxylic acids is 1. The minimum absolute atomic E-state index is 0.256. The van der Waals surface area contributed by atoms with Gasteiger partial charge in [-0.05, 0) is 31.5 Å². The maximum absolute atomic E-state index is 12.3. The van der Waals surface area contributed by atoms with Crippen molar-refractivity contribution in [3.63, 3.8) is 0 Å². The number of piperazine rings is 1. The summed E-state index contributed by atoms with van der Waals surface area (Å²) < 4.78 is 0. The third kappa shape index (κ3) is 3.37. The number of carbonyl (C=O) groups is 1. The lowest BCUT2D eigenvalue weighted by Gasteiger charge is -2.35. The zero-order valence-electron chi connectivity index (χ0n) is 12.7. The molecule has 6 nitrogen and oxygen atoms in total. The van der Waals surface area contributed by atoms with Gasteiger partial charge >= 0.3 is 0 Å². The molecule has 116 valence electrons. The molecule has 0 aliphatic carbocycles. The molecule has 1 aromatic rings. The van der Waals surface area contributed by atoms with Gasteiger partial charge in [0.25, 0.3) is 0 Å². The van der Waals surface area contributed by atoms with Gasteiger partial charge in [0, 0.05) is 44.8 Å². The molecule has 2 saturated heterocycles. The molecule has 0 saturated carbocycles. The van der Waals surface area contributed by atoms with E-state index < -0.39 is 0 Å². The summed E-state index contributed by atoms with van der Waals surface area (Å²) in [5.74, 6) is 1.13. The van der Waals surface area contributed by atoms with E-state index in [-0.39, 0.29) is 5.91 Å². The van der Waals surface area contributed by atoms with E-state index in [2.05, 4.69) is 21.3 Å². The van der Waals surface area contributed by atoms with E-state index in [1.807, 2.05) is 11.0 Å². The van der Waals surface area contributed by atoms with E-state index in [0.717, 1.165) is 45.0 Å². The van der Waals surface area contributed by atoms with Crippen LogP contribution in [0, 0.1) is 11.3 Å². The highest BCUT2D eigenvalue weighted by atomic mass is 16.2. The van der Waals surface area contributed by atoms with Gasteiger partial charge < -0.3 is 15.1 Å². The number of nitrogens with zero attached hydrogens (tertiary/aromatic N) is 4. The maximum atomic E-state index is 12.3. The number of amides is 1. The quantitative estimate of drug-likeness (QED) is 0.891. The highest BCUT2D eigenvalue weighted by Gasteiger charge is 2.25. The van der Waals surface area contributed by atoms with Crippen LogP contribution in [0.3, 0.4) is 0 Å². The predicted octanol–water partition coefficient (Wildman–Crippen LogP) is 0.744. The fourth-order valence-corrected chi connectivity index (χ4v) is 3.10. The van der Waals surface area contributed by atoms with Gasteiger partial charge in [0.15, 0.2) is 0 Å². The van der Waals surface area contributed by atoms with Gasteiger partial charge in [-0.25, -0.2) is 4.98 Å². The Balaban J connectivity index is 1.51. The average Bonchev–Trinajstić information content (AvgIpc) is 3.08. The lowest BCUT2D eigenvalue weighted by molar-refractivity contribution is -0.131. The third-order valence-corrected chi connectivity index (χ3v) is 4.42. The first-order valence-electron chi connectivity index (χ1n) is 7.88. The van der Waals surface area contributed by atoms with Gasteiger partial charge in [0.2, 0.25) is 5.91 Å². The van der Waals surface area contributed by atoms with E-state index >= 15 is 0 Å². The Morgan fingerprint density at radius 3 is 2.77 bits per heavy atom. The molecule has 1 aromatic heterocycles. The van der Waals surface area contributed by atoms with Crippen molar-refractivity contribution in [1.82, 2.24) is 15.2 Å². The minimum Gasteiger partial charge on any atom is -0.353 e. The van der Waals surface area contributed by atoms with Crippen LogP contribution in [0.2, 0.25) is 0 Å². The SMILES string of the molecule is N#Cc1ccc(N2CCN(C(=O)CC3CCCN3)CC2)nc1. The summed E-state index contributed by atoms with van der Waals surface area (Å²) in [7, 11) is 0. The molecule has 2 fully saturated rings. The lowest BCUT2D eigenvalue weighted by Crippen LogP contribution is -2.50. The van der Waals surface area contributed by atoms with Crippen molar-refractivity contribution in [3.8, 4) is 6.07 Å². The van der Waals surface area contributed by atoms with Crippen molar-refractivity contribution in [2.75, 3.05) is 37.6 Å². The van der Waals surface area contributed by atoms with Gasteiger partial charge in [-0.15, -0.1) is 0 Å². The number of pyridine rings is 1. The molecule has 1 atom stereocenters. The summed E-state index contributed by atoms with van der Waals surface area (Å²) in [6.45, 7) is 4.11. The van der Waals surface area contributed by atoms with Crippen molar-refractivity contribution < 1.29 is 4.79 Å². The van der Waals surface area contributed by atoms with Crippen LogP contribution >= 0.6 is 0 Å². The van der Waals surface area contributed by atoms with Crippen LogP contribution in [0.4, 0.5) is 5.82 Å². The smallest absolute Gasteiger partial charge is 0.224 e. The molecule has 0 radical (unpaired) electrons. The van der Waals surface area contributed by atoms with E-state index in [0.29, 0.717) is 18.0 Å². The van der Waals surface area contributed by atoms with Gasteiger partial charge in [-0.3, -0.25) is 4.79 Å². The van der Waals surface area contributed by atoms with Crippen LogP contribution in [-0.2, 0) is 4.79 Å². The van der Waals surface area contributed by atoms with Crippen molar-refractivity contribution in [2.45, 2.75) is 25.3 Å². The second-order valence-corrected chi connectivity index (χ2v) is 5.88.